The van der Waals surface area contributed by atoms with Gasteiger partial charge in [0.05, 0.1) is 11.1 Å². The van der Waals surface area contributed by atoms with Crippen LogP contribution in [-0.2, 0) is 11.8 Å². The van der Waals surface area contributed by atoms with Gasteiger partial charge < -0.3 is 14.7 Å². The summed E-state index contributed by atoms with van der Waals surface area (Å²) in [6.07, 6.45) is 1.93. The predicted octanol–water partition coefficient (Wildman–Crippen LogP) is 3.71. The van der Waals surface area contributed by atoms with Gasteiger partial charge in [-0.15, -0.1) is 0 Å². The van der Waals surface area contributed by atoms with E-state index in [1.807, 2.05) is 12.1 Å². The highest BCUT2D eigenvalue weighted by Crippen LogP contribution is 2.48. The Balaban J connectivity index is 2.00. The van der Waals surface area contributed by atoms with Gasteiger partial charge in [-0.25, -0.2) is 0 Å². The normalized spacial score (nSPS) is 23.7. The van der Waals surface area contributed by atoms with E-state index >= 15 is 0 Å². The molecule has 2 aromatic carbocycles. The van der Waals surface area contributed by atoms with Crippen molar-refractivity contribution in [3.8, 4) is 11.5 Å². The van der Waals surface area contributed by atoms with E-state index in [1.54, 1.807) is 0 Å². The highest BCUT2D eigenvalue weighted by molar-refractivity contribution is 9.10. The number of phenolic OH excluding ortho intramolecular Hbond substituents is 1. The minimum absolute atomic E-state index is 0.117. The third-order valence-corrected chi connectivity index (χ3v) is 5.82. The minimum atomic E-state index is -0.117. The topological polar surface area (TPSA) is 32.7 Å². The molecule has 120 valence electrons. The van der Waals surface area contributed by atoms with Gasteiger partial charge in [0.15, 0.2) is 0 Å². The molecule has 1 spiro atoms. The van der Waals surface area contributed by atoms with Crippen molar-refractivity contribution in [1.29, 1.82) is 0 Å². The Bertz CT molecular complexity index is 761. The average Bonchev–Trinajstić information content (AvgIpc) is 2.67. The van der Waals surface area contributed by atoms with Gasteiger partial charge in [-0.05, 0) is 65.1 Å². The number of nitrogens with zero attached hydrogens (tertiary/aromatic N) is 1. The zero-order valence-electron chi connectivity index (χ0n) is 13.2. The quantitative estimate of drug-likeness (QED) is 0.763. The van der Waals surface area contributed by atoms with Crippen LogP contribution in [0.4, 0.5) is 0 Å². The lowest BCUT2D eigenvalue weighted by atomic mass is 9.69. The second-order valence-corrected chi connectivity index (χ2v) is 7.48. The number of aromatic hydroxyl groups is 1. The molecule has 0 bridgehead atoms. The molecule has 0 fully saturated rings. The van der Waals surface area contributed by atoms with Crippen LogP contribution in [0.15, 0.2) is 40.9 Å². The van der Waals surface area contributed by atoms with E-state index in [0.717, 1.165) is 36.2 Å². The average molecular weight is 374 g/mol. The zero-order chi connectivity index (χ0) is 16.0. The summed E-state index contributed by atoms with van der Waals surface area (Å²) in [6, 6.07) is 12.4. The summed E-state index contributed by atoms with van der Waals surface area (Å²) >= 11 is 3.47. The molecule has 0 aromatic heterocycles. The van der Waals surface area contributed by atoms with Crippen molar-refractivity contribution in [2.75, 3.05) is 26.7 Å². The fourth-order valence-electron chi connectivity index (χ4n) is 4.09. The second-order valence-electron chi connectivity index (χ2n) is 6.63. The van der Waals surface area contributed by atoms with Crippen LogP contribution in [0, 0.1) is 0 Å². The molecule has 23 heavy (non-hydrogen) atoms. The Morgan fingerprint density at radius 2 is 2.04 bits per heavy atom. The fourth-order valence-corrected chi connectivity index (χ4v) is 4.48. The first-order valence-electron chi connectivity index (χ1n) is 8.03. The van der Waals surface area contributed by atoms with Crippen LogP contribution >= 0.6 is 15.9 Å². The van der Waals surface area contributed by atoms with Crippen molar-refractivity contribution in [3.63, 3.8) is 0 Å². The highest BCUT2D eigenvalue weighted by Gasteiger charge is 2.43. The summed E-state index contributed by atoms with van der Waals surface area (Å²) in [7, 11) is 2.18. The van der Waals surface area contributed by atoms with Gasteiger partial charge in [0, 0.05) is 24.1 Å². The number of halogens is 1. The highest BCUT2D eigenvalue weighted by atomic mass is 79.9. The smallest absolute Gasteiger partial charge is 0.130 e. The molecule has 0 radical (unpaired) electrons. The van der Waals surface area contributed by atoms with Gasteiger partial charge >= 0.3 is 0 Å². The molecule has 0 amide bonds. The number of para-hydroxylation sites is 1. The third-order valence-electron chi connectivity index (χ3n) is 5.18. The van der Waals surface area contributed by atoms with E-state index in [4.69, 9.17) is 4.74 Å². The lowest BCUT2D eigenvalue weighted by molar-refractivity contribution is 0.197. The number of fused-ring (bicyclic) bond motifs is 4. The zero-order valence-corrected chi connectivity index (χ0v) is 14.8. The summed E-state index contributed by atoms with van der Waals surface area (Å²) in [5.41, 5.74) is 3.69. The maximum atomic E-state index is 10.3. The van der Waals surface area contributed by atoms with Crippen LogP contribution in [-0.4, -0.2) is 36.8 Å². The third kappa shape index (κ3) is 2.36. The van der Waals surface area contributed by atoms with E-state index in [-0.39, 0.29) is 5.41 Å². The molecule has 0 saturated heterocycles. The summed E-state index contributed by atoms with van der Waals surface area (Å²) < 4.78 is 6.68. The Kier molecular flexibility index (Phi) is 3.62. The van der Waals surface area contributed by atoms with Gasteiger partial charge in [-0.1, -0.05) is 18.2 Å². The lowest BCUT2D eigenvalue weighted by Crippen LogP contribution is -2.42. The molecular formula is C19H20BrNO2. The van der Waals surface area contributed by atoms with Gasteiger partial charge in [-0.2, -0.15) is 0 Å². The van der Waals surface area contributed by atoms with Crippen LogP contribution in [0.3, 0.4) is 0 Å². The van der Waals surface area contributed by atoms with Gasteiger partial charge in [0.1, 0.15) is 11.5 Å². The number of ether oxygens (including phenoxy) is 1. The Hall–Kier alpha value is -1.52. The molecule has 2 aromatic rings. The molecule has 2 aliphatic rings. The molecule has 1 N–H and O–H groups in total. The molecule has 3 nitrogen and oxygen atoms in total. The molecule has 0 aliphatic carbocycles. The summed E-state index contributed by atoms with van der Waals surface area (Å²) in [6.45, 7) is 2.68. The molecule has 4 rings (SSSR count). The van der Waals surface area contributed by atoms with E-state index in [0.29, 0.717) is 12.4 Å². The lowest BCUT2D eigenvalue weighted by Gasteiger charge is -2.41. The maximum Gasteiger partial charge on any atom is 0.130 e. The molecule has 1 unspecified atom stereocenters. The fraction of sp³-hybridized carbons (Fsp3) is 0.368. The molecule has 2 heterocycles. The first-order valence-corrected chi connectivity index (χ1v) is 8.82. The van der Waals surface area contributed by atoms with E-state index in [2.05, 4.69) is 52.1 Å². The van der Waals surface area contributed by atoms with Crippen LogP contribution in [0.25, 0.3) is 0 Å². The SMILES string of the molecule is CN1CCc2cc(Br)c(O)cc2C2(CCOc3ccccc32)C1. The van der Waals surface area contributed by atoms with Gasteiger partial charge in [-0.3, -0.25) is 0 Å². The van der Waals surface area contributed by atoms with Crippen molar-refractivity contribution < 1.29 is 9.84 Å². The Labute approximate surface area is 145 Å². The van der Waals surface area contributed by atoms with Crippen LogP contribution < -0.4 is 4.74 Å². The number of rotatable bonds is 0. The number of likely N-dealkylation sites (N-methyl/N-ethyl adjacent to an activating group) is 1. The van der Waals surface area contributed by atoms with Crippen LogP contribution in [0.1, 0.15) is 23.1 Å². The second kappa shape index (κ2) is 5.53. The Morgan fingerprint density at radius 1 is 1.22 bits per heavy atom. The van der Waals surface area contributed by atoms with Crippen LogP contribution in [0.5, 0.6) is 11.5 Å². The monoisotopic (exact) mass is 373 g/mol. The summed E-state index contributed by atoms with van der Waals surface area (Å²) in [5.74, 6) is 1.29. The molecule has 2 aliphatic heterocycles. The van der Waals surface area contributed by atoms with Crippen molar-refractivity contribution in [1.82, 2.24) is 4.90 Å². The van der Waals surface area contributed by atoms with Crippen LogP contribution in [0.2, 0.25) is 0 Å². The van der Waals surface area contributed by atoms with Crippen molar-refractivity contribution >= 4 is 15.9 Å². The maximum absolute atomic E-state index is 10.3. The first-order chi connectivity index (χ1) is 11.1. The van der Waals surface area contributed by atoms with Crippen molar-refractivity contribution in [3.05, 3.63) is 57.6 Å². The largest absolute Gasteiger partial charge is 0.507 e. The van der Waals surface area contributed by atoms with Crippen molar-refractivity contribution in [2.24, 2.45) is 0 Å². The van der Waals surface area contributed by atoms with E-state index in [9.17, 15) is 5.11 Å². The molecule has 1 atom stereocenters. The number of hydrogen-bond acceptors (Lipinski definition) is 3. The Morgan fingerprint density at radius 3 is 2.91 bits per heavy atom. The number of phenols is 1. The first kappa shape index (κ1) is 15.0. The van der Waals surface area contributed by atoms with Crippen molar-refractivity contribution in [2.45, 2.75) is 18.3 Å². The molecule has 0 saturated carbocycles. The molecule has 4 heteroatoms. The number of benzene rings is 2. The van der Waals surface area contributed by atoms with Gasteiger partial charge in [0.2, 0.25) is 0 Å². The standard InChI is InChI=1S/C19H20BrNO2/c1-21-8-6-13-10-16(20)17(22)11-15(13)19(12-21)7-9-23-18-5-3-2-4-14(18)19/h2-5,10-11,22H,6-9,12H2,1H3. The predicted molar refractivity (Wildman–Crippen MR) is 94.3 cm³/mol. The van der Waals surface area contributed by atoms with E-state index < -0.39 is 0 Å². The number of hydrogen-bond donors (Lipinski definition) is 1. The molecular weight excluding hydrogens is 354 g/mol. The summed E-state index contributed by atoms with van der Waals surface area (Å²) in [4.78, 5) is 2.40. The minimum Gasteiger partial charge on any atom is -0.507 e. The van der Waals surface area contributed by atoms with Gasteiger partial charge in [0.25, 0.3) is 0 Å². The van der Waals surface area contributed by atoms with E-state index in [1.165, 1.54) is 16.7 Å². The summed E-state index contributed by atoms with van der Waals surface area (Å²) in [5, 5.41) is 10.3.